The van der Waals surface area contributed by atoms with Gasteiger partial charge in [0.05, 0.1) is 11.1 Å². The molecule has 0 amide bonds. The number of halogens is 2. The molecule has 1 nitrogen and oxygen atoms in total. The molecule has 0 aliphatic carbocycles. The number of hydrogen-bond acceptors (Lipinski definition) is 2. The Morgan fingerprint density at radius 3 is 3.00 bits per heavy atom. The summed E-state index contributed by atoms with van der Waals surface area (Å²) in [6.07, 6.45) is 1.27. The molecule has 0 N–H and O–H groups in total. The van der Waals surface area contributed by atoms with Crippen LogP contribution in [0.15, 0.2) is 30.3 Å². The third-order valence-electron chi connectivity index (χ3n) is 1.91. The quantitative estimate of drug-likeness (QED) is 0.684. The van der Waals surface area contributed by atoms with Crippen LogP contribution in [0.25, 0.3) is 15.1 Å². The maximum Gasteiger partial charge on any atom is 0.124 e. The molecule has 4 heteroatoms. The van der Waals surface area contributed by atoms with Gasteiger partial charge in [0.1, 0.15) is 5.82 Å². The van der Waals surface area contributed by atoms with Gasteiger partial charge in [0.15, 0.2) is 0 Å². The van der Waals surface area contributed by atoms with E-state index in [1.807, 2.05) is 12.1 Å². The maximum absolute atomic E-state index is 12.9. The van der Waals surface area contributed by atoms with Crippen LogP contribution in [-0.2, 0) is 0 Å². The van der Waals surface area contributed by atoms with E-state index in [0.717, 1.165) is 15.0 Å². The zero-order chi connectivity index (χ0) is 10.8. The van der Waals surface area contributed by atoms with E-state index in [-0.39, 0.29) is 5.82 Å². The van der Waals surface area contributed by atoms with E-state index in [0.29, 0.717) is 5.03 Å². The second kappa shape index (κ2) is 4.01. The molecule has 0 saturated carbocycles. The molecule has 0 aliphatic rings. The molecule has 2 rings (SSSR count). The number of thiophene rings is 1. The first-order chi connectivity index (χ1) is 7.20. The molecule has 0 atom stereocenters. The molecular formula is C11H5ClFNS. The summed E-state index contributed by atoms with van der Waals surface area (Å²) in [4.78, 5) is 0.777. The molecule has 0 fully saturated rings. The van der Waals surface area contributed by atoms with E-state index >= 15 is 0 Å². The zero-order valence-electron chi connectivity index (χ0n) is 7.50. The second-order valence-corrected chi connectivity index (χ2v) is 4.41. The Balaban J connectivity index is 2.58. The molecule has 1 aromatic carbocycles. The summed E-state index contributed by atoms with van der Waals surface area (Å²) >= 11 is 7.24. The van der Waals surface area contributed by atoms with Crippen LogP contribution in [0.2, 0.25) is 0 Å². The third kappa shape index (κ3) is 2.01. The summed E-state index contributed by atoms with van der Waals surface area (Å²) < 4.78 is 13.7. The molecule has 0 unspecified atom stereocenters. The number of allylic oxidation sites excluding steroid dienone is 1. The Morgan fingerprint density at radius 2 is 2.27 bits per heavy atom. The van der Waals surface area contributed by atoms with Gasteiger partial charge in [-0.05, 0) is 23.6 Å². The van der Waals surface area contributed by atoms with Gasteiger partial charge in [-0.1, -0.05) is 17.7 Å². The largest absolute Gasteiger partial charge is 0.207 e. The summed E-state index contributed by atoms with van der Waals surface area (Å²) in [5.74, 6) is -0.267. The minimum Gasteiger partial charge on any atom is -0.207 e. The standard InChI is InChI=1S/C11H5ClFNS/c12-9(3-4-14)11-5-7-1-2-8(13)6-10(7)15-11/h1-3,5-6H/b9-3-. The number of hydrogen-bond donors (Lipinski definition) is 0. The Bertz CT molecular complexity index is 580. The first kappa shape index (κ1) is 10.2. The van der Waals surface area contributed by atoms with Crippen LogP contribution in [0.3, 0.4) is 0 Å². The highest BCUT2D eigenvalue weighted by Crippen LogP contribution is 2.32. The lowest BCUT2D eigenvalue weighted by Gasteiger charge is -1.87. The van der Waals surface area contributed by atoms with Gasteiger partial charge in [-0.25, -0.2) is 4.39 Å². The van der Waals surface area contributed by atoms with Gasteiger partial charge in [-0.3, -0.25) is 0 Å². The SMILES string of the molecule is N#C/C=C(\Cl)c1cc2ccc(F)cc2s1. The summed E-state index contributed by atoms with van der Waals surface area (Å²) in [5.41, 5.74) is 0. The van der Waals surface area contributed by atoms with Gasteiger partial charge >= 0.3 is 0 Å². The smallest absolute Gasteiger partial charge is 0.124 e. The number of nitrogens with zero attached hydrogens (tertiary/aromatic N) is 1. The zero-order valence-corrected chi connectivity index (χ0v) is 9.07. The number of nitriles is 1. The lowest BCUT2D eigenvalue weighted by Crippen LogP contribution is -1.68. The van der Waals surface area contributed by atoms with Crippen LogP contribution >= 0.6 is 22.9 Å². The van der Waals surface area contributed by atoms with E-state index in [1.165, 1.54) is 29.5 Å². The highest BCUT2D eigenvalue weighted by atomic mass is 35.5. The average Bonchev–Trinajstić information content (AvgIpc) is 2.60. The van der Waals surface area contributed by atoms with Crippen molar-refractivity contribution in [3.8, 4) is 6.07 Å². The van der Waals surface area contributed by atoms with Crippen molar-refractivity contribution in [2.45, 2.75) is 0 Å². The predicted molar refractivity (Wildman–Crippen MR) is 61.2 cm³/mol. The van der Waals surface area contributed by atoms with Gasteiger partial charge < -0.3 is 0 Å². The fourth-order valence-corrected chi connectivity index (χ4v) is 2.47. The first-order valence-corrected chi connectivity index (χ1v) is 5.35. The van der Waals surface area contributed by atoms with Crippen LogP contribution < -0.4 is 0 Å². The van der Waals surface area contributed by atoms with Crippen LogP contribution in [0.4, 0.5) is 4.39 Å². The first-order valence-electron chi connectivity index (χ1n) is 4.15. The second-order valence-electron chi connectivity index (χ2n) is 2.91. The van der Waals surface area contributed by atoms with Gasteiger partial charge in [0, 0.05) is 15.7 Å². The van der Waals surface area contributed by atoms with Crippen LogP contribution in [0.1, 0.15) is 4.88 Å². The lowest BCUT2D eigenvalue weighted by atomic mass is 10.2. The predicted octanol–water partition coefficient (Wildman–Crippen LogP) is 4.14. The molecular weight excluding hydrogens is 233 g/mol. The van der Waals surface area contributed by atoms with Gasteiger partial charge in [0.2, 0.25) is 0 Å². The number of fused-ring (bicyclic) bond motifs is 1. The molecule has 1 heterocycles. The molecule has 0 bridgehead atoms. The summed E-state index contributed by atoms with van der Waals surface area (Å²) in [6.45, 7) is 0. The van der Waals surface area contributed by atoms with Crippen molar-refractivity contribution in [2.75, 3.05) is 0 Å². The summed E-state index contributed by atoms with van der Waals surface area (Å²) in [5, 5.41) is 9.77. The lowest BCUT2D eigenvalue weighted by molar-refractivity contribution is 0.630. The van der Waals surface area contributed by atoms with Crippen molar-refractivity contribution in [3.05, 3.63) is 41.0 Å². The van der Waals surface area contributed by atoms with Crippen molar-refractivity contribution in [3.63, 3.8) is 0 Å². The fraction of sp³-hybridized carbons (Fsp3) is 0. The summed E-state index contributed by atoms with van der Waals surface area (Å²) in [7, 11) is 0. The van der Waals surface area contributed by atoms with Crippen molar-refractivity contribution < 1.29 is 4.39 Å². The monoisotopic (exact) mass is 237 g/mol. The van der Waals surface area contributed by atoms with E-state index < -0.39 is 0 Å². The summed E-state index contributed by atoms with van der Waals surface area (Å²) in [6, 6.07) is 8.26. The van der Waals surface area contributed by atoms with E-state index in [4.69, 9.17) is 16.9 Å². The Kier molecular flexibility index (Phi) is 2.72. The van der Waals surface area contributed by atoms with Crippen LogP contribution in [0, 0.1) is 17.1 Å². The molecule has 0 radical (unpaired) electrons. The molecule has 15 heavy (non-hydrogen) atoms. The van der Waals surface area contributed by atoms with Crippen LogP contribution in [-0.4, -0.2) is 0 Å². The average molecular weight is 238 g/mol. The molecule has 0 saturated heterocycles. The topological polar surface area (TPSA) is 23.8 Å². The minimum absolute atomic E-state index is 0.267. The van der Waals surface area contributed by atoms with Crippen molar-refractivity contribution in [1.82, 2.24) is 0 Å². The molecule has 74 valence electrons. The van der Waals surface area contributed by atoms with Crippen molar-refractivity contribution >= 4 is 38.1 Å². The fourth-order valence-electron chi connectivity index (χ4n) is 1.25. The number of rotatable bonds is 1. The van der Waals surface area contributed by atoms with Gasteiger partial charge in [0.25, 0.3) is 0 Å². The normalized spacial score (nSPS) is 11.7. The minimum atomic E-state index is -0.267. The van der Waals surface area contributed by atoms with E-state index in [1.54, 1.807) is 6.07 Å². The molecule has 0 spiro atoms. The van der Waals surface area contributed by atoms with E-state index in [9.17, 15) is 4.39 Å². The highest BCUT2D eigenvalue weighted by molar-refractivity contribution is 7.20. The van der Waals surface area contributed by atoms with Crippen LogP contribution in [0.5, 0.6) is 0 Å². The maximum atomic E-state index is 12.9. The van der Waals surface area contributed by atoms with Gasteiger partial charge in [-0.2, -0.15) is 5.26 Å². The number of benzene rings is 1. The van der Waals surface area contributed by atoms with Crippen molar-refractivity contribution in [2.24, 2.45) is 0 Å². The molecule has 1 aromatic heterocycles. The Labute approximate surface area is 95.0 Å². The Hall–Kier alpha value is -1.37. The van der Waals surface area contributed by atoms with Crippen molar-refractivity contribution in [1.29, 1.82) is 5.26 Å². The highest BCUT2D eigenvalue weighted by Gasteiger charge is 2.05. The third-order valence-corrected chi connectivity index (χ3v) is 3.46. The van der Waals surface area contributed by atoms with Gasteiger partial charge in [-0.15, -0.1) is 11.3 Å². The Morgan fingerprint density at radius 1 is 1.47 bits per heavy atom. The van der Waals surface area contributed by atoms with E-state index in [2.05, 4.69) is 0 Å². The molecule has 0 aliphatic heterocycles. The molecule has 2 aromatic rings.